The standard InChI is InChI=1S/C16H20N2O/c1-3-13-5-8-15(9-6-13)19-16-10-7-14(12-18-16)11-17-4-2/h5-10,12,17H,3-4,11H2,1-2H3. The molecule has 0 saturated carbocycles. The topological polar surface area (TPSA) is 34.1 Å². The maximum absolute atomic E-state index is 5.71. The maximum Gasteiger partial charge on any atom is 0.219 e. The molecule has 0 unspecified atom stereocenters. The third kappa shape index (κ3) is 4.07. The minimum absolute atomic E-state index is 0.629. The van der Waals surface area contributed by atoms with Crippen LogP contribution in [0, 0.1) is 0 Å². The third-order valence-electron chi connectivity index (χ3n) is 2.93. The average Bonchev–Trinajstić information content (AvgIpc) is 2.47. The van der Waals surface area contributed by atoms with E-state index in [4.69, 9.17) is 4.74 Å². The van der Waals surface area contributed by atoms with E-state index < -0.39 is 0 Å². The number of aromatic nitrogens is 1. The van der Waals surface area contributed by atoms with E-state index in [1.54, 1.807) is 0 Å². The summed E-state index contributed by atoms with van der Waals surface area (Å²) in [6.07, 6.45) is 2.88. The zero-order chi connectivity index (χ0) is 13.5. The Kier molecular flexibility index (Phi) is 4.93. The fourth-order valence-corrected chi connectivity index (χ4v) is 1.76. The summed E-state index contributed by atoms with van der Waals surface area (Å²) in [5.74, 6) is 1.45. The molecular formula is C16H20N2O. The highest BCUT2D eigenvalue weighted by Crippen LogP contribution is 2.20. The Balaban J connectivity index is 1.98. The van der Waals surface area contributed by atoms with Crippen molar-refractivity contribution >= 4 is 0 Å². The SMILES string of the molecule is CCNCc1ccc(Oc2ccc(CC)cc2)nc1. The average molecular weight is 256 g/mol. The van der Waals surface area contributed by atoms with Gasteiger partial charge in [0.25, 0.3) is 0 Å². The molecule has 0 saturated heterocycles. The van der Waals surface area contributed by atoms with Crippen molar-refractivity contribution in [1.29, 1.82) is 0 Å². The number of hydrogen-bond acceptors (Lipinski definition) is 3. The molecule has 3 nitrogen and oxygen atoms in total. The van der Waals surface area contributed by atoms with Crippen LogP contribution in [0.5, 0.6) is 11.6 Å². The summed E-state index contributed by atoms with van der Waals surface area (Å²) in [4.78, 5) is 4.31. The highest BCUT2D eigenvalue weighted by atomic mass is 16.5. The van der Waals surface area contributed by atoms with Gasteiger partial charge in [-0.3, -0.25) is 0 Å². The van der Waals surface area contributed by atoms with E-state index in [-0.39, 0.29) is 0 Å². The van der Waals surface area contributed by atoms with E-state index in [1.807, 2.05) is 30.5 Å². The summed E-state index contributed by atoms with van der Waals surface area (Å²) < 4.78 is 5.71. The first kappa shape index (κ1) is 13.6. The quantitative estimate of drug-likeness (QED) is 0.858. The largest absolute Gasteiger partial charge is 0.439 e. The molecule has 0 aliphatic rings. The molecule has 1 heterocycles. The fraction of sp³-hybridized carbons (Fsp3) is 0.312. The second-order valence-corrected chi connectivity index (χ2v) is 4.38. The molecule has 0 bridgehead atoms. The molecule has 1 aromatic carbocycles. The lowest BCUT2D eigenvalue weighted by atomic mass is 10.2. The molecular weight excluding hydrogens is 236 g/mol. The molecule has 2 aromatic rings. The van der Waals surface area contributed by atoms with Crippen LogP contribution >= 0.6 is 0 Å². The van der Waals surface area contributed by atoms with Gasteiger partial charge >= 0.3 is 0 Å². The Morgan fingerprint density at radius 2 is 1.74 bits per heavy atom. The predicted molar refractivity (Wildman–Crippen MR) is 77.5 cm³/mol. The summed E-state index contributed by atoms with van der Waals surface area (Å²) in [6, 6.07) is 12.1. The van der Waals surface area contributed by atoms with Crippen molar-refractivity contribution < 1.29 is 4.74 Å². The molecule has 0 atom stereocenters. The summed E-state index contributed by atoms with van der Waals surface area (Å²) in [5, 5.41) is 3.27. The molecule has 0 radical (unpaired) electrons. The molecule has 1 N–H and O–H groups in total. The van der Waals surface area contributed by atoms with E-state index in [2.05, 4.69) is 36.3 Å². The summed E-state index contributed by atoms with van der Waals surface area (Å²) in [5.41, 5.74) is 2.47. The molecule has 0 spiro atoms. The highest BCUT2D eigenvalue weighted by molar-refractivity contribution is 5.31. The molecule has 19 heavy (non-hydrogen) atoms. The predicted octanol–water partition coefficient (Wildman–Crippen LogP) is 3.55. The van der Waals surface area contributed by atoms with Crippen LogP contribution in [0.4, 0.5) is 0 Å². The first-order chi connectivity index (χ1) is 9.31. The van der Waals surface area contributed by atoms with E-state index in [0.717, 1.165) is 30.8 Å². The van der Waals surface area contributed by atoms with Gasteiger partial charge in [-0.2, -0.15) is 0 Å². The van der Waals surface area contributed by atoms with Crippen LogP contribution in [0.2, 0.25) is 0 Å². The zero-order valence-corrected chi connectivity index (χ0v) is 11.5. The highest BCUT2D eigenvalue weighted by Gasteiger charge is 1.99. The van der Waals surface area contributed by atoms with E-state index in [9.17, 15) is 0 Å². The number of nitrogens with one attached hydrogen (secondary N) is 1. The van der Waals surface area contributed by atoms with Crippen LogP contribution < -0.4 is 10.1 Å². The van der Waals surface area contributed by atoms with Crippen molar-refractivity contribution in [3.63, 3.8) is 0 Å². The molecule has 0 aliphatic carbocycles. The molecule has 0 fully saturated rings. The Labute approximate surface area is 114 Å². The summed E-state index contributed by atoms with van der Waals surface area (Å²) in [6.45, 7) is 6.03. The second kappa shape index (κ2) is 6.90. The van der Waals surface area contributed by atoms with Crippen LogP contribution in [0.25, 0.3) is 0 Å². The van der Waals surface area contributed by atoms with Crippen LogP contribution in [-0.4, -0.2) is 11.5 Å². The Bertz CT molecular complexity index is 491. The van der Waals surface area contributed by atoms with Crippen LogP contribution in [0.15, 0.2) is 42.6 Å². The van der Waals surface area contributed by atoms with E-state index in [1.165, 1.54) is 5.56 Å². The van der Waals surface area contributed by atoms with Crippen molar-refractivity contribution in [2.45, 2.75) is 26.8 Å². The molecule has 2 rings (SSSR count). The van der Waals surface area contributed by atoms with Gasteiger partial charge in [0.15, 0.2) is 0 Å². The number of aryl methyl sites for hydroxylation is 1. The zero-order valence-electron chi connectivity index (χ0n) is 11.5. The van der Waals surface area contributed by atoms with Crippen molar-refractivity contribution in [3.05, 3.63) is 53.7 Å². The number of ether oxygens (including phenoxy) is 1. The number of rotatable bonds is 6. The summed E-state index contributed by atoms with van der Waals surface area (Å²) in [7, 11) is 0. The lowest BCUT2D eigenvalue weighted by Gasteiger charge is -2.06. The Hall–Kier alpha value is -1.87. The van der Waals surface area contributed by atoms with Gasteiger partial charge in [0.1, 0.15) is 5.75 Å². The number of pyridine rings is 1. The van der Waals surface area contributed by atoms with Crippen LogP contribution in [0.3, 0.4) is 0 Å². The first-order valence-electron chi connectivity index (χ1n) is 6.74. The second-order valence-electron chi connectivity index (χ2n) is 4.38. The summed E-state index contributed by atoms with van der Waals surface area (Å²) >= 11 is 0. The molecule has 1 aromatic heterocycles. The van der Waals surface area contributed by atoms with Gasteiger partial charge in [-0.1, -0.05) is 32.0 Å². The smallest absolute Gasteiger partial charge is 0.219 e. The lowest BCUT2D eigenvalue weighted by Crippen LogP contribution is -2.11. The normalized spacial score (nSPS) is 10.4. The minimum Gasteiger partial charge on any atom is -0.439 e. The lowest BCUT2D eigenvalue weighted by molar-refractivity contribution is 0.462. The fourth-order valence-electron chi connectivity index (χ4n) is 1.76. The van der Waals surface area contributed by atoms with Gasteiger partial charge in [-0.05, 0) is 36.2 Å². The van der Waals surface area contributed by atoms with E-state index >= 15 is 0 Å². The minimum atomic E-state index is 0.629. The van der Waals surface area contributed by atoms with Crippen molar-refractivity contribution in [2.24, 2.45) is 0 Å². The molecule has 0 aliphatic heterocycles. The van der Waals surface area contributed by atoms with E-state index in [0.29, 0.717) is 5.88 Å². The van der Waals surface area contributed by atoms with Gasteiger partial charge < -0.3 is 10.1 Å². The number of benzene rings is 1. The number of hydrogen-bond donors (Lipinski definition) is 1. The van der Waals surface area contributed by atoms with Crippen molar-refractivity contribution in [2.75, 3.05) is 6.54 Å². The van der Waals surface area contributed by atoms with Gasteiger partial charge in [0, 0.05) is 18.8 Å². The third-order valence-corrected chi connectivity index (χ3v) is 2.93. The molecule has 0 amide bonds. The maximum atomic E-state index is 5.71. The van der Waals surface area contributed by atoms with Crippen LogP contribution in [0.1, 0.15) is 25.0 Å². The van der Waals surface area contributed by atoms with Crippen molar-refractivity contribution in [3.8, 4) is 11.6 Å². The number of nitrogens with zero attached hydrogens (tertiary/aromatic N) is 1. The van der Waals surface area contributed by atoms with Gasteiger partial charge in [0.2, 0.25) is 5.88 Å². The Morgan fingerprint density at radius 1 is 1.00 bits per heavy atom. The van der Waals surface area contributed by atoms with Crippen molar-refractivity contribution in [1.82, 2.24) is 10.3 Å². The first-order valence-corrected chi connectivity index (χ1v) is 6.74. The molecule has 3 heteroatoms. The Morgan fingerprint density at radius 3 is 2.32 bits per heavy atom. The van der Waals surface area contributed by atoms with Gasteiger partial charge in [-0.25, -0.2) is 4.98 Å². The van der Waals surface area contributed by atoms with Crippen LogP contribution in [-0.2, 0) is 13.0 Å². The molecule has 100 valence electrons. The van der Waals surface area contributed by atoms with Gasteiger partial charge in [0.05, 0.1) is 0 Å². The monoisotopic (exact) mass is 256 g/mol. The van der Waals surface area contributed by atoms with Gasteiger partial charge in [-0.15, -0.1) is 0 Å².